The average molecular weight is 398 g/mol. The number of thioether (sulfide) groups is 1. The van der Waals surface area contributed by atoms with E-state index < -0.39 is 22.4 Å². The molecule has 1 unspecified atom stereocenters. The number of nitro groups is 1. The summed E-state index contributed by atoms with van der Waals surface area (Å²) in [5, 5.41) is 13.8. The van der Waals surface area contributed by atoms with Crippen LogP contribution in [0.5, 0.6) is 0 Å². The van der Waals surface area contributed by atoms with Crippen LogP contribution in [0.2, 0.25) is 0 Å². The molecule has 0 radical (unpaired) electrons. The van der Waals surface area contributed by atoms with E-state index in [1.54, 1.807) is 0 Å². The van der Waals surface area contributed by atoms with E-state index >= 15 is 0 Å². The van der Waals surface area contributed by atoms with Crippen LogP contribution in [0.4, 0.5) is 18.9 Å². The minimum atomic E-state index is -4.67. The van der Waals surface area contributed by atoms with Gasteiger partial charge in [0.05, 0.1) is 21.1 Å². The van der Waals surface area contributed by atoms with Gasteiger partial charge in [0.15, 0.2) is 0 Å². The highest BCUT2D eigenvalue weighted by molar-refractivity contribution is 8.00. The van der Waals surface area contributed by atoms with Crippen LogP contribution in [-0.4, -0.2) is 23.1 Å². The number of hydrogen-bond acceptors (Lipinski definition) is 4. The average Bonchev–Trinajstić information content (AvgIpc) is 2.64. The maximum atomic E-state index is 12.7. The summed E-state index contributed by atoms with van der Waals surface area (Å²) in [5.41, 5.74) is -0.705. The number of carbonyl (C=O) groups is 1. The molecule has 0 saturated heterocycles. The van der Waals surface area contributed by atoms with Crippen molar-refractivity contribution in [3.63, 3.8) is 0 Å². The molecule has 0 aliphatic carbocycles. The number of nitro benzene ring substituents is 1. The highest BCUT2D eigenvalue weighted by Gasteiger charge is 2.33. The predicted octanol–water partition coefficient (Wildman–Crippen LogP) is 4.63. The first-order valence-electron chi connectivity index (χ1n) is 7.98. The maximum absolute atomic E-state index is 12.7. The van der Waals surface area contributed by atoms with E-state index in [1.807, 2.05) is 37.3 Å². The number of carbonyl (C=O) groups excluding carboxylic acids is 1. The molecule has 1 atom stereocenters. The molecule has 144 valence electrons. The topological polar surface area (TPSA) is 72.2 Å². The Kier molecular flexibility index (Phi) is 6.84. The summed E-state index contributed by atoms with van der Waals surface area (Å²) in [4.78, 5) is 22.2. The molecule has 0 fully saturated rings. The Morgan fingerprint density at radius 1 is 1.22 bits per heavy atom. The van der Waals surface area contributed by atoms with Crippen LogP contribution in [0.15, 0.2) is 53.4 Å². The minimum absolute atomic E-state index is 0.0132. The quantitative estimate of drug-likeness (QED) is 0.419. The number of benzene rings is 2. The molecule has 27 heavy (non-hydrogen) atoms. The molecule has 0 heterocycles. The molecule has 2 aromatic rings. The standard InChI is InChI=1S/C18H17F3N2O3S/c1-12(13-5-3-2-4-6-13)10-22-17(24)11-27-16-8-7-14(18(19,20)21)9-15(16)23(25)26/h2-9,12H,10-11H2,1H3,(H,22,24). The molecule has 1 amide bonds. The molecule has 2 aromatic carbocycles. The van der Waals surface area contributed by atoms with Crippen LogP contribution < -0.4 is 5.32 Å². The van der Waals surface area contributed by atoms with Crippen molar-refractivity contribution in [2.45, 2.75) is 23.9 Å². The van der Waals surface area contributed by atoms with Crippen LogP contribution in [0.25, 0.3) is 0 Å². The Morgan fingerprint density at radius 2 is 1.89 bits per heavy atom. The molecule has 0 bridgehead atoms. The molecule has 9 heteroatoms. The lowest BCUT2D eigenvalue weighted by molar-refractivity contribution is -0.388. The zero-order valence-corrected chi connectivity index (χ0v) is 15.1. The summed E-state index contributed by atoms with van der Waals surface area (Å²) < 4.78 is 38.1. The molecule has 0 aliphatic rings. The van der Waals surface area contributed by atoms with Crippen LogP contribution in [-0.2, 0) is 11.0 Å². The zero-order valence-electron chi connectivity index (χ0n) is 14.3. The first kappa shape index (κ1) is 20.8. The number of hydrogen-bond donors (Lipinski definition) is 1. The first-order valence-corrected chi connectivity index (χ1v) is 8.97. The molecule has 0 spiro atoms. The Morgan fingerprint density at radius 3 is 2.48 bits per heavy atom. The van der Waals surface area contributed by atoms with Crippen molar-refractivity contribution in [2.75, 3.05) is 12.3 Å². The van der Waals surface area contributed by atoms with E-state index in [4.69, 9.17) is 0 Å². The van der Waals surface area contributed by atoms with Crippen molar-refractivity contribution in [3.05, 3.63) is 69.8 Å². The lowest BCUT2D eigenvalue weighted by atomic mass is 10.0. The number of rotatable bonds is 7. The molecule has 0 aliphatic heterocycles. The third kappa shape index (κ3) is 5.99. The fourth-order valence-corrected chi connectivity index (χ4v) is 3.15. The third-order valence-electron chi connectivity index (χ3n) is 3.82. The number of alkyl halides is 3. The normalized spacial score (nSPS) is 12.4. The van der Waals surface area contributed by atoms with Gasteiger partial charge in [0.1, 0.15) is 0 Å². The molecule has 0 saturated carbocycles. The van der Waals surface area contributed by atoms with Gasteiger partial charge in [0.2, 0.25) is 5.91 Å². The summed E-state index contributed by atoms with van der Waals surface area (Å²) in [6.07, 6.45) is -4.67. The second kappa shape index (κ2) is 8.90. The van der Waals surface area contributed by atoms with Gasteiger partial charge in [-0.1, -0.05) is 37.3 Å². The maximum Gasteiger partial charge on any atom is 0.416 e. The smallest absolute Gasteiger partial charge is 0.355 e. The zero-order chi connectivity index (χ0) is 20.0. The Labute approximate surface area is 158 Å². The van der Waals surface area contributed by atoms with E-state index in [2.05, 4.69) is 5.32 Å². The molecular weight excluding hydrogens is 381 g/mol. The van der Waals surface area contributed by atoms with Crippen molar-refractivity contribution < 1.29 is 22.9 Å². The van der Waals surface area contributed by atoms with Gasteiger partial charge < -0.3 is 5.32 Å². The number of nitrogens with one attached hydrogen (secondary N) is 1. The van der Waals surface area contributed by atoms with E-state index in [-0.39, 0.29) is 22.5 Å². The summed E-state index contributed by atoms with van der Waals surface area (Å²) in [6, 6.07) is 11.8. The number of halogens is 3. The Bertz CT molecular complexity index is 813. The predicted molar refractivity (Wildman–Crippen MR) is 96.7 cm³/mol. The highest BCUT2D eigenvalue weighted by Crippen LogP contribution is 2.36. The fourth-order valence-electron chi connectivity index (χ4n) is 2.32. The van der Waals surface area contributed by atoms with Gasteiger partial charge in [0.25, 0.3) is 5.69 Å². The second-order valence-corrected chi connectivity index (χ2v) is 6.86. The number of nitrogens with zero attached hydrogens (tertiary/aromatic N) is 1. The first-order chi connectivity index (χ1) is 12.7. The van der Waals surface area contributed by atoms with Gasteiger partial charge in [-0.05, 0) is 23.6 Å². The highest BCUT2D eigenvalue weighted by atomic mass is 32.2. The molecule has 5 nitrogen and oxygen atoms in total. The third-order valence-corrected chi connectivity index (χ3v) is 4.88. The summed E-state index contributed by atoms with van der Waals surface area (Å²) in [6.45, 7) is 2.34. The van der Waals surface area contributed by atoms with Gasteiger partial charge in [-0.25, -0.2) is 0 Å². The van der Waals surface area contributed by atoms with Crippen molar-refractivity contribution in [1.82, 2.24) is 5.32 Å². The second-order valence-electron chi connectivity index (χ2n) is 5.84. The number of amides is 1. The Balaban J connectivity index is 1.95. The van der Waals surface area contributed by atoms with Crippen molar-refractivity contribution >= 4 is 23.4 Å². The van der Waals surface area contributed by atoms with Crippen LogP contribution in [0, 0.1) is 10.1 Å². The van der Waals surface area contributed by atoms with Gasteiger partial charge in [-0.2, -0.15) is 13.2 Å². The minimum Gasteiger partial charge on any atom is -0.355 e. The summed E-state index contributed by atoms with van der Waals surface area (Å²) >= 11 is 0.829. The van der Waals surface area contributed by atoms with Gasteiger partial charge in [0, 0.05) is 12.6 Å². The van der Waals surface area contributed by atoms with E-state index in [0.29, 0.717) is 12.6 Å². The van der Waals surface area contributed by atoms with Crippen LogP contribution in [0.3, 0.4) is 0 Å². The molecule has 2 rings (SSSR count). The van der Waals surface area contributed by atoms with Gasteiger partial charge in [-0.3, -0.25) is 14.9 Å². The van der Waals surface area contributed by atoms with Gasteiger partial charge >= 0.3 is 6.18 Å². The molecule has 1 N–H and O–H groups in total. The van der Waals surface area contributed by atoms with Crippen LogP contribution in [0.1, 0.15) is 24.0 Å². The van der Waals surface area contributed by atoms with Crippen molar-refractivity contribution in [2.24, 2.45) is 0 Å². The lowest BCUT2D eigenvalue weighted by Gasteiger charge is -2.13. The lowest BCUT2D eigenvalue weighted by Crippen LogP contribution is -2.29. The van der Waals surface area contributed by atoms with E-state index in [1.165, 1.54) is 0 Å². The summed E-state index contributed by atoms with van der Waals surface area (Å²) in [5.74, 6) is -0.397. The van der Waals surface area contributed by atoms with Crippen LogP contribution >= 0.6 is 11.8 Å². The SMILES string of the molecule is CC(CNC(=O)CSc1ccc(C(F)(F)F)cc1[N+](=O)[O-])c1ccccc1. The van der Waals surface area contributed by atoms with E-state index in [0.717, 1.165) is 29.5 Å². The van der Waals surface area contributed by atoms with Gasteiger partial charge in [-0.15, -0.1) is 11.8 Å². The molecule has 0 aromatic heterocycles. The largest absolute Gasteiger partial charge is 0.416 e. The molecular formula is C18H17F3N2O3S. The monoisotopic (exact) mass is 398 g/mol. The van der Waals surface area contributed by atoms with Crippen molar-refractivity contribution in [3.8, 4) is 0 Å². The van der Waals surface area contributed by atoms with E-state index in [9.17, 15) is 28.1 Å². The van der Waals surface area contributed by atoms with Crippen molar-refractivity contribution in [1.29, 1.82) is 0 Å². The fraction of sp³-hybridized carbons (Fsp3) is 0.278. The Hall–Kier alpha value is -2.55. The summed E-state index contributed by atoms with van der Waals surface area (Å²) in [7, 11) is 0.